The van der Waals surface area contributed by atoms with Crippen LogP contribution in [-0.4, -0.2) is 47.4 Å². The zero-order chi connectivity index (χ0) is 18.7. The fourth-order valence-electron chi connectivity index (χ4n) is 3.75. The number of ether oxygens (including phenoxy) is 1. The molecule has 1 aromatic heterocycles. The summed E-state index contributed by atoms with van der Waals surface area (Å²) in [5.74, 6) is 0.705. The number of nitrogens with one attached hydrogen (secondary N) is 1. The lowest BCUT2D eigenvalue weighted by atomic mass is 9.96. The second-order valence-electron chi connectivity index (χ2n) is 7.07. The van der Waals surface area contributed by atoms with Gasteiger partial charge in [0, 0.05) is 51.8 Å². The van der Waals surface area contributed by atoms with Crippen LogP contribution in [0.3, 0.4) is 0 Å². The fraction of sp³-hybridized carbons (Fsp3) is 0.722. The smallest absolute Gasteiger partial charge is 0.332 e. The molecule has 0 spiro atoms. The number of hydrogen-bond acceptors (Lipinski definition) is 5. The van der Waals surface area contributed by atoms with Gasteiger partial charge < -0.3 is 15.0 Å². The van der Waals surface area contributed by atoms with Crippen molar-refractivity contribution in [3.63, 3.8) is 0 Å². The van der Waals surface area contributed by atoms with Crippen LogP contribution in [0.5, 0.6) is 0 Å². The van der Waals surface area contributed by atoms with E-state index in [4.69, 9.17) is 4.74 Å². The highest BCUT2D eigenvalue weighted by atomic mass is 16.5. The third-order valence-corrected chi connectivity index (χ3v) is 5.41. The Morgan fingerprint density at radius 1 is 1.27 bits per heavy atom. The van der Waals surface area contributed by atoms with Gasteiger partial charge in [0.15, 0.2) is 0 Å². The van der Waals surface area contributed by atoms with Crippen LogP contribution in [0.2, 0.25) is 0 Å². The van der Waals surface area contributed by atoms with Crippen LogP contribution in [0, 0.1) is 5.92 Å². The van der Waals surface area contributed by atoms with Crippen LogP contribution in [0.15, 0.2) is 15.7 Å². The summed E-state index contributed by atoms with van der Waals surface area (Å²) >= 11 is 0. The van der Waals surface area contributed by atoms with Crippen molar-refractivity contribution in [3.05, 3.63) is 26.9 Å². The Morgan fingerprint density at radius 2 is 2.00 bits per heavy atom. The number of aromatic nitrogens is 2. The molecule has 8 nitrogen and oxygen atoms in total. The van der Waals surface area contributed by atoms with Crippen LogP contribution < -0.4 is 21.5 Å². The monoisotopic (exact) mass is 364 g/mol. The Labute approximate surface area is 152 Å². The molecule has 2 aliphatic heterocycles. The number of carbonyl (C=O) groups is 1. The fourth-order valence-corrected chi connectivity index (χ4v) is 3.75. The first kappa shape index (κ1) is 18.7. The number of carbonyl (C=O) groups excluding carboxylic acids is 1. The third kappa shape index (κ3) is 3.85. The lowest BCUT2D eigenvalue weighted by Crippen LogP contribution is -2.46. The summed E-state index contributed by atoms with van der Waals surface area (Å²) in [5, 5.41) is 3.01. The maximum atomic E-state index is 12.4. The minimum atomic E-state index is -0.300. The highest BCUT2D eigenvalue weighted by Gasteiger charge is 2.27. The Hall–Kier alpha value is -2.09. The van der Waals surface area contributed by atoms with Crippen LogP contribution in [-0.2, 0) is 23.1 Å². The predicted octanol–water partition coefficient (Wildman–Crippen LogP) is 0.0785. The first-order valence-corrected chi connectivity index (χ1v) is 9.46. The van der Waals surface area contributed by atoms with E-state index in [1.807, 2.05) is 11.8 Å². The average molecular weight is 364 g/mol. The second kappa shape index (κ2) is 8.07. The number of nitrogens with zero attached hydrogens (tertiary/aromatic N) is 3. The standard InChI is InChI=1S/C18H28N4O4/c1-3-22-15(11-16(23)20(2)18(22)25)21-8-6-13(7-9-21)17(24)19-12-14-5-4-10-26-14/h11,13-14H,3-10,12H2,1-2H3,(H,19,24). The zero-order valence-corrected chi connectivity index (χ0v) is 15.6. The molecule has 0 aromatic carbocycles. The van der Waals surface area contributed by atoms with Gasteiger partial charge in [0.1, 0.15) is 5.82 Å². The molecule has 0 radical (unpaired) electrons. The van der Waals surface area contributed by atoms with Gasteiger partial charge in [0.25, 0.3) is 5.56 Å². The van der Waals surface area contributed by atoms with Crippen LogP contribution in [0.25, 0.3) is 0 Å². The topological polar surface area (TPSA) is 85.6 Å². The van der Waals surface area contributed by atoms with Crippen molar-refractivity contribution in [2.45, 2.75) is 45.3 Å². The Morgan fingerprint density at radius 3 is 2.62 bits per heavy atom. The van der Waals surface area contributed by atoms with Gasteiger partial charge in [-0.25, -0.2) is 4.79 Å². The average Bonchev–Trinajstić information content (AvgIpc) is 3.17. The molecule has 0 aliphatic carbocycles. The molecule has 144 valence electrons. The van der Waals surface area contributed by atoms with E-state index in [0.717, 1.165) is 24.0 Å². The second-order valence-corrected chi connectivity index (χ2v) is 7.07. The number of piperidine rings is 1. The van der Waals surface area contributed by atoms with E-state index in [1.54, 1.807) is 4.57 Å². The van der Waals surface area contributed by atoms with Crippen molar-refractivity contribution < 1.29 is 9.53 Å². The lowest BCUT2D eigenvalue weighted by Gasteiger charge is -2.34. The van der Waals surface area contributed by atoms with Crippen molar-refractivity contribution >= 4 is 11.7 Å². The quantitative estimate of drug-likeness (QED) is 0.800. The highest BCUT2D eigenvalue weighted by molar-refractivity contribution is 5.79. The minimum absolute atomic E-state index is 0.0269. The van der Waals surface area contributed by atoms with E-state index in [-0.39, 0.29) is 29.2 Å². The molecule has 1 N–H and O–H groups in total. The van der Waals surface area contributed by atoms with Crippen molar-refractivity contribution in [3.8, 4) is 0 Å². The first-order valence-electron chi connectivity index (χ1n) is 9.46. The molecule has 2 aliphatic rings. The summed E-state index contributed by atoms with van der Waals surface area (Å²) in [6, 6.07) is 1.52. The van der Waals surface area contributed by atoms with Gasteiger partial charge >= 0.3 is 5.69 Å². The normalized spacial score (nSPS) is 21.2. The third-order valence-electron chi connectivity index (χ3n) is 5.41. The van der Waals surface area contributed by atoms with E-state index in [1.165, 1.54) is 13.1 Å². The molecule has 1 unspecified atom stereocenters. The summed E-state index contributed by atoms with van der Waals surface area (Å²) in [7, 11) is 1.49. The van der Waals surface area contributed by atoms with E-state index >= 15 is 0 Å². The highest BCUT2D eigenvalue weighted by Crippen LogP contribution is 2.22. The number of amides is 1. The van der Waals surface area contributed by atoms with Crippen LogP contribution in [0.1, 0.15) is 32.6 Å². The van der Waals surface area contributed by atoms with Gasteiger partial charge in [-0.3, -0.25) is 18.7 Å². The molecule has 3 rings (SSSR count). The first-order chi connectivity index (χ1) is 12.5. The summed E-state index contributed by atoms with van der Waals surface area (Å²) in [6.45, 7) is 5.08. The summed E-state index contributed by atoms with van der Waals surface area (Å²) in [4.78, 5) is 38.7. The lowest BCUT2D eigenvalue weighted by molar-refractivity contribution is -0.126. The van der Waals surface area contributed by atoms with Crippen LogP contribution >= 0.6 is 0 Å². The van der Waals surface area contributed by atoms with Crippen molar-refractivity contribution in [2.75, 3.05) is 31.1 Å². The number of hydrogen-bond donors (Lipinski definition) is 1. The predicted molar refractivity (Wildman–Crippen MR) is 98.5 cm³/mol. The largest absolute Gasteiger partial charge is 0.376 e. The number of rotatable bonds is 5. The molecule has 2 fully saturated rings. The molecular formula is C18H28N4O4. The van der Waals surface area contributed by atoms with E-state index in [0.29, 0.717) is 44.8 Å². The van der Waals surface area contributed by atoms with Crippen molar-refractivity contribution in [1.29, 1.82) is 0 Å². The molecular weight excluding hydrogens is 336 g/mol. The summed E-state index contributed by atoms with van der Waals surface area (Å²) < 4.78 is 8.27. The number of anilines is 1. The molecule has 3 heterocycles. The maximum absolute atomic E-state index is 12.4. The summed E-state index contributed by atoms with van der Waals surface area (Å²) in [5.41, 5.74) is -0.599. The molecule has 0 saturated carbocycles. The van der Waals surface area contributed by atoms with Gasteiger partial charge in [-0.05, 0) is 32.6 Å². The minimum Gasteiger partial charge on any atom is -0.376 e. The molecule has 1 amide bonds. The van der Waals surface area contributed by atoms with Gasteiger partial charge in [-0.2, -0.15) is 0 Å². The van der Waals surface area contributed by atoms with Gasteiger partial charge in [-0.15, -0.1) is 0 Å². The molecule has 8 heteroatoms. The summed E-state index contributed by atoms with van der Waals surface area (Å²) in [6.07, 6.45) is 3.65. The molecule has 26 heavy (non-hydrogen) atoms. The van der Waals surface area contributed by atoms with E-state index < -0.39 is 0 Å². The molecule has 2 saturated heterocycles. The SMILES string of the molecule is CCn1c(N2CCC(C(=O)NCC3CCCO3)CC2)cc(=O)n(C)c1=O. The molecule has 1 aromatic rings. The van der Waals surface area contributed by atoms with Crippen molar-refractivity contribution in [1.82, 2.24) is 14.5 Å². The van der Waals surface area contributed by atoms with E-state index in [9.17, 15) is 14.4 Å². The molecule has 0 bridgehead atoms. The van der Waals surface area contributed by atoms with Gasteiger partial charge in [0.05, 0.1) is 6.10 Å². The molecule has 1 atom stereocenters. The van der Waals surface area contributed by atoms with Gasteiger partial charge in [-0.1, -0.05) is 0 Å². The Kier molecular flexibility index (Phi) is 5.80. The zero-order valence-electron chi connectivity index (χ0n) is 15.6. The Balaban J connectivity index is 1.61. The van der Waals surface area contributed by atoms with Gasteiger partial charge in [0.2, 0.25) is 5.91 Å². The van der Waals surface area contributed by atoms with E-state index in [2.05, 4.69) is 5.32 Å². The Bertz CT molecular complexity index is 755. The van der Waals surface area contributed by atoms with Crippen molar-refractivity contribution in [2.24, 2.45) is 13.0 Å². The maximum Gasteiger partial charge on any atom is 0.332 e. The van der Waals surface area contributed by atoms with Crippen LogP contribution in [0.4, 0.5) is 5.82 Å².